The molecule has 0 radical (unpaired) electrons. The van der Waals surface area contributed by atoms with Gasteiger partial charge in [0.25, 0.3) is 5.24 Å². The van der Waals surface area contributed by atoms with Gasteiger partial charge in [-0.2, -0.15) is 0 Å². The Balaban J connectivity index is 1.69. The predicted octanol–water partition coefficient (Wildman–Crippen LogP) is 0.689. The summed E-state index contributed by atoms with van der Waals surface area (Å²) in [6, 6.07) is 0. The van der Waals surface area contributed by atoms with Crippen LogP contribution in [-0.4, -0.2) is 51.9 Å². The summed E-state index contributed by atoms with van der Waals surface area (Å²) in [4.78, 5) is 46.7. The van der Waals surface area contributed by atoms with Crippen LogP contribution in [0.1, 0.15) is 25.7 Å². The molecular weight excluding hydrogens is 296 g/mol. The van der Waals surface area contributed by atoms with Gasteiger partial charge >= 0.3 is 5.97 Å². The molecule has 2 aliphatic rings. The molecular formula is C13H18N2O5S. The van der Waals surface area contributed by atoms with E-state index in [0.29, 0.717) is 25.7 Å². The minimum atomic E-state index is -0.794. The van der Waals surface area contributed by atoms with Crippen molar-refractivity contribution < 1.29 is 24.3 Å². The number of thioether (sulfide) groups is 1. The van der Waals surface area contributed by atoms with Crippen LogP contribution in [0.5, 0.6) is 0 Å². The number of carbonyl (C=O) groups is 4. The number of carbonyl (C=O) groups excluding carboxylic acids is 3. The SMILES string of the molecule is O=C(O)C1CCC(C(=O)NCCN2C(=O)CSC2=O)CC1. The van der Waals surface area contributed by atoms with Crippen LogP contribution >= 0.6 is 11.8 Å². The molecule has 1 aliphatic carbocycles. The van der Waals surface area contributed by atoms with Crippen molar-refractivity contribution >= 4 is 34.8 Å². The Bertz CT molecular complexity index is 443. The molecule has 2 rings (SSSR count). The van der Waals surface area contributed by atoms with Crippen LogP contribution in [0.4, 0.5) is 4.79 Å². The zero-order valence-corrected chi connectivity index (χ0v) is 12.4. The molecule has 1 saturated heterocycles. The summed E-state index contributed by atoms with van der Waals surface area (Å²) in [5, 5.41) is 11.4. The lowest BCUT2D eigenvalue weighted by Crippen LogP contribution is -2.40. The Morgan fingerprint density at radius 1 is 1.19 bits per heavy atom. The van der Waals surface area contributed by atoms with E-state index >= 15 is 0 Å². The summed E-state index contributed by atoms with van der Waals surface area (Å²) in [7, 11) is 0. The minimum Gasteiger partial charge on any atom is -0.481 e. The van der Waals surface area contributed by atoms with E-state index in [2.05, 4.69) is 5.32 Å². The summed E-state index contributed by atoms with van der Waals surface area (Å²) in [5.41, 5.74) is 0. The van der Waals surface area contributed by atoms with Crippen molar-refractivity contribution in [1.29, 1.82) is 0 Å². The Kier molecular flexibility index (Phi) is 5.22. The van der Waals surface area contributed by atoms with E-state index in [1.54, 1.807) is 0 Å². The monoisotopic (exact) mass is 314 g/mol. The summed E-state index contributed by atoms with van der Waals surface area (Å²) in [6.07, 6.45) is 2.18. The Hall–Kier alpha value is -1.57. The molecule has 116 valence electrons. The van der Waals surface area contributed by atoms with Crippen molar-refractivity contribution in [3.8, 4) is 0 Å². The second kappa shape index (κ2) is 6.93. The van der Waals surface area contributed by atoms with Crippen LogP contribution in [0.3, 0.4) is 0 Å². The number of hydrogen-bond acceptors (Lipinski definition) is 5. The maximum absolute atomic E-state index is 12.0. The molecule has 0 spiro atoms. The van der Waals surface area contributed by atoms with Gasteiger partial charge < -0.3 is 10.4 Å². The highest BCUT2D eigenvalue weighted by molar-refractivity contribution is 8.14. The first-order valence-electron chi connectivity index (χ1n) is 6.96. The highest BCUT2D eigenvalue weighted by Gasteiger charge is 2.31. The van der Waals surface area contributed by atoms with E-state index in [4.69, 9.17) is 5.11 Å². The molecule has 1 saturated carbocycles. The molecule has 3 amide bonds. The first-order valence-corrected chi connectivity index (χ1v) is 7.95. The molecule has 0 atom stereocenters. The van der Waals surface area contributed by atoms with Gasteiger partial charge in [0.1, 0.15) is 0 Å². The predicted molar refractivity (Wildman–Crippen MR) is 75.7 cm³/mol. The zero-order chi connectivity index (χ0) is 15.4. The first kappa shape index (κ1) is 15.8. The lowest BCUT2D eigenvalue weighted by Gasteiger charge is -2.25. The normalized spacial score (nSPS) is 26.0. The van der Waals surface area contributed by atoms with Crippen LogP contribution in [-0.2, 0) is 14.4 Å². The van der Waals surface area contributed by atoms with Gasteiger partial charge in [-0.15, -0.1) is 0 Å². The van der Waals surface area contributed by atoms with Crippen LogP contribution in [0.15, 0.2) is 0 Å². The van der Waals surface area contributed by atoms with Gasteiger partial charge in [0.05, 0.1) is 11.7 Å². The fourth-order valence-corrected chi connectivity index (χ4v) is 3.39. The molecule has 21 heavy (non-hydrogen) atoms. The highest BCUT2D eigenvalue weighted by Crippen LogP contribution is 2.29. The number of hydrogen-bond donors (Lipinski definition) is 2. The molecule has 0 aromatic rings. The molecule has 8 heteroatoms. The van der Waals surface area contributed by atoms with Gasteiger partial charge in [-0.1, -0.05) is 11.8 Å². The Morgan fingerprint density at radius 3 is 2.33 bits per heavy atom. The second-order valence-electron chi connectivity index (χ2n) is 5.28. The molecule has 0 aromatic heterocycles. The van der Waals surface area contributed by atoms with E-state index < -0.39 is 5.97 Å². The van der Waals surface area contributed by atoms with Crippen molar-refractivity contribution in [3.63, 3.8) is 0 Å². The van der Waals surface area contributed by atoms with Crippen LogP contribution in [0.25, 0.3) is 0 Å². The third-order valence-corrected chi connectivity index (χ3v) is 4.78. The summed E-state index contributed by atoms with van der Waals surface area (Å²) in [5.74, 6) is -1.47. The third-order valence-electron chi connectivity index (χ3n) is 3.92. The quantitative estimate of drug-likeness (QED) is 0.774. The largest absolute Gasteiger partial charge is 0.481 e. The fraction of sp³-hybridized carbons (Fsp3) is 0.692. The van der Waals surface area contributed by atoms with Gasteiger partial charge in [-0.05, 0) is 25.7 Å². The molecule has 0 unspecified atom stereocenters. The number of rotatable bonds is 5. The van der Waals surface area contributed by atoms with Crippen molar-refractivity contribution in [2.75, 3.05) is 18.8 Å². The van der Waals surface area contributed by atoms with Gasteiger partial charge in [0, 0.05) is 19.0 Å². The first-order chi connectivity index (χ1) is 9.99. The summed E-state index contributed by atoms with van der Waals surface area (Å²) in [6.45, 7) is 0.441. The Morgan fingerprint density at radius 2 is 1.81 bits per heavy atom. The van der Waals surface area contributed by atoms with Crippen molar-refractivity contribution in [3.05, 3.63) is 0 Å². The van der Waals surface area contributed by atoms with E-state index in [1.807, 2.05) is 0 Å². The van der Waals surface area contributed by atoms with E-state index in [1.165, 1.54) is 0 Å². The third kappa shape index (κ3) is 3.96. The average molecular weight is 314 g/mol. The van der Waals surface area contributed by atoms with E-state index in [0.717, 1.165) is 16.7 Å². The molecule has 0 bridgehead atoms. The minimum absolute atomic E-state index is 0.120. The molecule has 2 N–H and O–H groups in total. The zero-order valence-electron chi connectivity index (χ0n) is 11.5. The van der Waals surface area contributed by atoms with Gasteiger partial charge in [-0.3, -0.25) is 24.1 Å². The maximum atomic E-state index is 12.0. The number of carboxylic acid groups (broad SMARTS) is 1. The average Bonchev–Trinajstić information content (AvgIpc) is 2.79. The number of imide groups is 1. The van der Waals surface area contributed by atoms with Gasteiger partial charge in [0.15, 0.2) is 0 Å². The van der Waals surface area contributed by atoms with Gasteiger partial charge in [-0.25, -0.2) is 0 Å². The van der Waals surface area contributed by atoms with Crippen molar-refractivity contribution in [1.82, 2.24) is 10.2 Å². The highest BCUT2D eigenvalue weighted by atomic mass is 32.2. The number of nitrogens with zero attached hydrogens (tertiary/aromatic N) is 1. The topological polar surface area (TPSA) is 104 Å². The lowest BCUT2D eigenvalue weighted by molar-refractivity contribution is -0.144. The van der Waals surface area contributed by atoms with Crippen molar-refractivity contribution in [2.45, 2.75) is 25.7 Å². The molecule has 0 aromatic carbocycles. The van der Waals surface area contributed by atoms with Crippen LogP contribution in [0.2, 0.25) is 0 Å². The summed E-state index contributed by atoms with van der Waals surface area (Å²) < 4.78 is 0. The van der Waals surface area contributed by atoms with Crippen LogP contribution in [0, 0.1) is 11.8 Å². The molecule has 1 heterocycles. The van der Waals surface area contributed by atoms with Crippen LogP contribution < -0.4 is 5.32 Å². The van der Waals surface area contributed by atoms with Gasteiger partial charge in [0.2, 0.25) is 11.8 Å². The Labute approximate surface area is 126 Å². The van der Waals surface area contributed by atoms with E-state index in [9.17, 15) is 19.2 Å². The number of nitrogens with one attached hydrogen (secondary N) is 1. The number of aliphatic carboxylic acids is 1. The van der Waals surface area contributed by atoms with E-state index in [-0.39, 0.29) is 47.7 Å². The maximum Gasteiger partial charge on any atom is 0.306 e. The summed E-state index contributed by atoms with van der Waals surface area (Å²) >= 11 is 0.972. The smallest absolute Gasteiger partial charge is 0.306 e. The number of amides is 3. The number of carboxylic acids is 1. The molecule has 2 fully saturated rings. The fourth-order valence-electron chi connectivity index (χ4n) is 2.63. The van der Waals surface area contributed by atoms with Crippen molar-refractivity contribution in [2.24, 2.45) is 11.8 Å². The standard InChI is InChI=1S/C13H18N2O5S/c16-10-7-21-13(20)15(10)6-5-14-11(17)8-1-3-9(4-2-8)12(18)19/h8-9H,1-7H2,(H,14,17)(H,18,19). The molecule has 1 aliphatic heterocycles. The molecule has 7 nitrogen and oxygen atoms in total. The second-order valence-corrected chi connectivity index (χ2v) is 6.20. The lowest BCUT2D eigenvalue weighted by atomic mass is 9.81.